The molecule has 0 aromatic heterocycles. The van der Waals surface area contributed by atoms with Gasteiger partial charge in [-0.15, -0.1) is 0 Å². The third-order valence-corrected chi connectivity index (χ3v) is 7.86. The van der Waals surface area contributed by atoms with Crippen LogP contribution in [-0.2, 0) is 10.0 Å². The molecule has 158 valence electrons. The predicted molar refractivity (Wildman–Crippen MR) is 113 cm³/mol. The van der Waals surface area contributed by atoms with Gasteiger partial charge in [-0.3, -0.25) is 9.69 Å². The van der Waals surface area contributed by atoms with Gasteiger partial charge in [-0.25, -0.2) is 8.42 Å². The summed E-state index contributed by atoms with van der Waals surface area (Å²) in [6.07, 6.45) is 3.66. The fraction of sp³-hybridized carbons (Fsp3) is 0.667. The summed E-state index contributed by atoms with van der Waals surface area (Å²) in [7, 11) is -3.60. The molecule has 1 fully saturated rings. The fourth-order valence-corrected chi connectivity index (χ4v) is 5.44. The molecule has 0 spiro atoms. The van der Waals surface area contributed by atoms with Gasteiger partial charge in [0.2, 0.25) is 10.0 Å². The average molecular weight is 410 g/mol. The maximum Gasteiger partial charge on any atom is 0.251 e. The molecule has 1 aromatic carbocycles. The largest absolute Gasteiger partial charge is 0.350 e. The molecule has 0 atom stereocenters. The van der Waals surface area contributed by atoms with Crippen LogP contribution in [0.4, 0.5) is 0 Å². The van der Waals surface area contributed by atoms with E-state index in [-0.39, 0.29) is 16.3 Å². The molecule has 0 bridgehead atoms. The van der Waals surface area contributed by atoms with Gasteiger partial charge in [0.05, 0.1) is 4.90 Å². The number of amides is 1. The highest BCUT2D eigenvalue weighted by atomic mass is 32.2. The molecule has 0 radical (unpaired) electrons. The number of nitrogens with zero attached hydrogens (tertiary/aromatic N) is 2. The minimum absolute atomic E-state index is 0.128. The number of rotatable bonds is 8. The maximum absolute atomic E-state index is 12.9. The Hall–Kier alpha value is -1.44. The minimum atomic E-state index is -3.60. The maximum atomic E-state index is 12.9. The van der Waals surface area contributed by atoms with E-state index in [0.29, 0.717) is 30.8 Å². The molecule has 6 nitrogen and oxygen atoms in total. The molecule has 1 aromatic rings. The number of piperidine rings is 1. The van der Waals surface area contributed by atoms with Crippen molar-refractivity contribution in [3.8, 4) is 0 Å². The first-order valence-electron chi connectivity index (χ1n) is 10.3. The van der Waals surface area contributed by atoms with Gasteiger partial charge in [-0.05, 0) is 64.4 Å². The molecule has 7 heteroatoms. The highest BCUT2D eigenvalue weighted by Gasteiger charge is 2.29. The molecule has 1 amide bonds. The monoisotopic (exact) mass is 409 g/mol. The van der Waals surface area contributed by atoms with E-state index in [1.54, 1.807) is 19.1 Å². The lowest BCUT2D eigenvalue weighted by molar-refractivity contribution is 0.0797. The van der Waals surface area contributed by atoms with Crippen molar-refractivity contribution in [3.05, 3.63) is 29.3 Å². The number of benzene rings is 1. The normalized spacial score (nSPS) is 16.4. The van der Waals surface area contributed by atoms with Gasteiger partial charge in [0.1, 0.15) is 0 Å². The number of aryl methyl sites for hydroxylation is 1. The van der Waals surface area contributed by atoms with E-state index >= 15 is 0 Å². The van der Waals surface area contributed by atoms with E-state index in [2.05, 4.69) is 24.1 Å². The van der Waals surface area contributed by atoms with Gasteiger partial charge in [0.15, 0.2) is 0 Å². The molecule has 0 unspecified atom stereocenters. The third kappa shape index (κ3) is 5.13. The number of hydrogen-bond acceptors (Lipinski definition) is 4. The van der Waals surface area contributed by atoms with Crippen LogP contribution < -0.4 is 5.32 Å². The van der Waals surface area contributed by atoms with Crippen molar-refractivity contribution in [2.24, 2.45) is 0 Å². The molecular weight excluding hydrogens is 374 g/mol. The lowest BCUT2D eigenvalue weighted by atomic mass is 9.98. The molecule has 2 rings (SSSR count). The lowest BCUT2D eigenvalue weighted by Crippen LogP contribution is -2.53. The highest BCUT2D eigenvalue weighted by Crippen LogP contribution is 2.22. The summed E-state index contributed by atoms with van der Waals surface area (Å²) in [4.78, 5) is 15.4. The Balaban J connectivity index is 2.16. The smallest absolute Gasteiger partial charge is 0.251 e. The number of carbonyl (C=O) groups excluding carboxylic acids is 1. The summed E-state index contributed by atoms with van der Waals surface area (Å²) in [5.74, 6) is -0.235. The van der Waals surface area contributed by atoms with Crippen molar-refractivity contribution in [1.29, 1.82) is 0 Å². The summed E-state index contributed by atoms with van der Waals surface area (Å²) in [6, 6.07) is 4.91. The Morgan fingerprint density at radius 2 is 1.75 bits per heavy atom. The standard InChI is InChI=1S/C21H35N3O3S/c1-6-24(7-2)28(26,27)19-15-18(12-11-17(19)3)20(25)22-16-21(4,5)23-13-9-8-10-14-23/h11-12,15H,6-10,13-14,16H2,1-5H3,(H,22,25). The van der Waals surface area contributed by atoms with Crippen LogP contribution in [-0.4, -0.2) is 61.8 Å². The highest BCUT2D eigenvalue weighted by molar-refractivity contribution is 7.89. The number of sulfonamides is 1. The average Bonchev–Trinajstić information content (AvgIpc) is 2.68. The molecule has 1 aliphatic rings. The van der Waals surface area contributed by atoms with Crippen molar-refractivity contribution >= 4 is 15.9 Å². The molecule has 0 aliphatic carbocycles. The molecule has 1 heterocycles. The third-order valence-electron chi connectivity index (χ3n) is 5.67. The quantitative estimate of drug-likeness (QED) is 0.717. The molecule has 1 saturated heterocycles. The van der Waals surface area contributed by atoms with Crippen molar-refractivity contribution in [2.45, 2.75) is 64.3 Å². The number of carbonyl (C=O) groups is 1. The van der Waals surface area contributed by atoms with Crippen molar-refractivity contribution in [3.63, 3.8) is 0 Å². The van der Waals surface area contributed by atoms with Gasteiger partial charge in [-0.1, -0.05) is 26.3 Å². The van der Waals surface area contributed by atoms with Crippen LogP contribution >= 0.6 is 0 Å². The van der Waals surface area contributed by atoms with Gasteiger partial charge >= 0.3 is 0 Å². The topological polar surface area (TPSA) is 69.7 Å². The summed E-state index contributed by atoms with van der Waals surface area (Å²) < 4.78 is 27.2. The van der Waals surface area contributed by atoms with E-state index in [4.69, 9.17) is 0 Å². The fourth-order valence-electron chi connectivity index (χ4n) is 3.73. The summed E-state index contributed by atoms with van der Waals surface area (Å²) in [5, 5.41) is 3.00. The van der Waals surface area contributed by atoms with Crippen molar-refractivity contribution in [1.82, 2.24) is 14.5 Å². The molecule has 1 N–H and O–H groups in total. The summed E-state index contributed by atoms with van der Waals surface area (Å²) in [6.45, 7) is 13.1. The SMILES string of the molecule is CCN(CC)S(=O)(=O)c1cc(C(=O)NCC(C)(C)N2CCCCC2)ccc1C. The Morgan fingerprint density at radius 3 is 2.32 bits per heavy atom. The van der Waals surface area contributed by atoms with Gasteiger partial charge in [0, 0.05) is 30.7 Å². The van der Waals surface area contributed by atoms with Crippen LogP contribution in [0.15, 0.2) is 23.1 Å². The van der Waals surface area contributed by atoms with Gasteiger partial charge in [0.25, 0.3) is 5.91 Å². The van der Waals surface area contributed by atoms with E-state index in [1.807, 2.05) is 13.8 Å². The second-order valence-electron chi connectivity index (χ2n) is 8.11. The Bertz CT molecular complexity index is 780. The molecule has 0 saturated carbocycles. The Labute approximate surface area is 170 Å². The second kappa shape index (κ2) is 9.37. The number of hydrogen-bond donors (Lipinski definition) is 1. The van der Waals surface area contributed by atoms with E-state index < -0.39 is 10.0 Å². The summed E-state index contributed by atoms with van der Waals surface area (Å²) in [5.41, 5.74) is 0.902. The number of nitrogens with one attached hydrogen (secondary N) is 1. The number of likely N-dealkylation sites (tertiary alicyclic amines) is 1. The molecular formula is C21H35N3O3S. The van der Waals surface area contributed by atoms with Gasteiger partial charge in [-0.2, -0.15) is 4.31 Å². The molecule has 28 heavy (non-hydrogen) atoms. The van der Waals surface area contributed by atoms with Crippen LogP contribution in [0.1, 0.15) is 62.9 Å². The Kier molecular flexibility index (Phi) is 7.65. The molecule has 1 aliphatic heterocycles. The first-order chi connectivity index (χ1) is 13.1. The van der Waals surface area contributed by atoms with E-state index in [9.17, 15) is 13.2 Å². The first-order valence-corrected chi connectivity index (χ1v) is 11.7. The minimum Gasteiger partial charge on any atom is -0.350 e. The van der Waals surface area contributed by atoms with E-state index in [0.717, 1.165) is 13.1 Å². The van der Waals surface area contributed by atoms with Crippen LogP contribution in [0.5, 0.6) is 0 Å². The zero-order valence-electron chi connectivity index (χ0n) is 17.9. The summed E-state index contributed by atoms with van der Waals surface area (Å²) >= 11 is 0. The van der Waals surface area contributed by atoms with Crippen LogP contribution in [0.2, 0.25) is 0 Å². The Morgan fingerprint density at radius 1 is 1.14 bits per heavy atom. The van der Waals surface area contributed by atoms with E-state index in [1.165, 1.54) is 29.6 Å². The van der Waals surface area contributed by atoms with Crippen molar-refractivity contribution in [2.75, 3.05) is 32.7 Å². The zero-order valence-corrected chi connectivity index (χ0v) is 18.7. The lowest BCUT2D eigenvalue weighted by Gasteiger charge is -2.41. The van der Waals surface area contributed by atoms with Crippen LogP contribution in [0.25, 0.3) is 0 Å². The van der Waals surface area contributed by atoms with Gasteiger partial charge < -0.3 is 5.32 Å². The van der Waals surface area contributed by atoms with Crippen LogP contribution in [0.3, 0.4) is 0 Å². The second-order valence-corrected chi connectivity index (χ2v) is 10.0. The van der Waals surface area contributed by atoms with Crippen molar-refractivity contribution < 1.29 is 13.2 Å². The zero-order chi connectivity index (χ0) is 20.9. The predicted octanol–water partition coefficient (Wildman–Crippen LogP) is 3.02. The first kappa shape index (κ1) is 22.8. The van der Waals surface area contributed by atoms with Crippen LogP contribution in [0, 0.1) is 6.92 Å².